The maximum Gasteiger partial charge on any atom is 0.250 e. The standard InChI is InChI=1S/C21H21N3O3S2/c1-3-7-15-10-14(11-17(20(15)26)27-4-2)12-22-24-19(25)13-28-21-23-16-8-5-6-9-18(16)29-21/h3,5-6,8-12,26H,1,4,7,13H2,2H3,(H,24,25)/b22-12+. The smallest absolute Gasteiger partial charge is 0.250 e. The number of hydrogen-bond donors (Lipinski definition) is 2. The number of hydrogen-bond acceptors (Lipinski definition) is 7. The minimum atomic E-state index is -0.222. The number of amides is 1. The number of aromatic hydroxyl groups is 1. The number of thioether (sulfide) groups is 1. The Balaban J connectivity index is 1.59. The van der Waals surface area contributed by atoms with E-state index in [1.807, 2.05) is 31.2 Å². The van der Waals surface area contributed by atoms with Gasteiger partial charge in [-0.15, -0.1) is 17.9 Å². The van der Waals surface area contributed by atoms with Gasteiger partial charge in [-0.05, 0) is 43.2 Å². The molecule has 1 heterocycles. The molecule has 8 heteroatoms. The van der Waals surface area contributed by atoms with Gasteiger partial charge in [-0.2, -0.15) is 5.10 Å². The Kier molecular flexibility index (Phi) is 7.26. The first kappa shape index (κ1) is 20.9. The van der Waals surface area contributed by atoms with Gasteiger partial charge >= 0.3 is 0 Å². The fraction of sp³-hybridized carbons (Fsp3) is 0.190. The van der Waals surface area contributed by atoms with Crippen LogP contribution in [-0.2, 0) is 11.2 Å². The second-order valence-corrected chi connectivity index (χ2v) is 8.24. The Morgan fingerprint density at radius 1 is 1.41 bits per heavy atom. The molecule has 6 nitrogen and oxygen atoms in total. The maximum absolute atomic E-state index is 12.1. The highest BCUT2D eigenvalue weighted by atomic mass is 32.2. The molecule has 0 atom stereocenters. The number of nitrogens with one attached hydrogen (secondary N) is 1. The van der Waals surface area contributed by atoms with Crippen molar-refractivity contribution in [2.24, 2.45) is 5.10 Å². The summed E-state index contributed by atoms with van der Waals surface area (Å²) in [4.78, 5) is 16.6. The predicted octanol–water partition coefficient (Wildman–Crippen LogP) is 4.37. The summed E-state index contributed by atoms with van der Waals surface area (Å²) in [5, 5.41) is 14.2. The molecule has 0 unspecified atom stereocenters. The molecule has 3 aromatic rings. The Bertz CT molecular complexity index is 1010. The number of benzene rings is 2. The third-order valence-electron chi connectivity index (χ3n) is 3.84. The Hall–Kier alpha value is -2.84. The lowest BCUT2D eigenvalue weighted by atomic mass is 10.1. The summed E-state index contributed by atoms with van der Waals surface area (Å²) in [7, 11) is 0. The summed E-state index contributed by atoms with van der Waals surface area (Å²) in [6.45, 7) is 5.97. The molecule has 0 saturated heterocycles. The molecule has 1 aromatic heterocycles. The maximum atomic E-state index is 12.1. The molecule has 0 radical (unpaired) electrons. The van der Waals surface area contributed by atoms with Crippen LogP contribution in [-0.4, -0.2) is 34.6 Å². The number of carbonyl (C=O) groups is 1. The first-order valence-corrected chi connectivity index (χ1v) is 10.8. The van der Waals surface area contributed by atoms with E-state index in [0.717, 1.165) is 14.6 Å². The molecular weight excluding hydrogens is 406 g/mol. The number of allylic oxidation sites excluding steroid dienone is 1. The molecule has 1 amide bonds. The van der Waals surface area contributed by atoms with Crippen molar-refractivity contribution in [2.45, 2.75) is 17.7 Å². The van der Waals surface area contributed by atoms with E-state index in [4.69, 9.17) is 4.74 Å². The van der Waals surface area contributed by atoms with Gasteiger partial charge in [0.1, 0.15) is 0 Å². The van der Waals surface area contributed by atoms with E-state index in [9.17, 15) is 9.90 Å². The van der Waals surface area contributed by atoms with Crippen LogP contribution in [0.5, 0.6) is 11.5 Å². The van der Waals surface area contributed by atoms with Crippen LogP contribution in [0.4, 0.5) is 0 Å². The monoisotopic (exact) mass is 427 g/mol. The first-order chi connectivity index (χ1) is 14.1. The first-order valence-electron chi connectivity index (χ1n) is 9.00. The van der Waals surface area contributed by atoms with Gasteiger partial charge in [-0.25, -0.2) is 10.4 Å². The van der Waals surface area contributed by atoms with Crippen molar-refractivity contribution in [3.05, 3.63) is 60.2 Å². The van der Waals surface area contributed by atoms with E-state index in [2.05, 4.69) is 22.1 Å². The van der Waals surface area contributed by atoms with Crippen LogP contribution in [0.3, 0.4) is 0 Å². The van der Waals surface area contributed by atoms with Crippen molar-refractivity contribution in [1.29, 1.82) is 0 Å². The van der Waals surface area contributed by atoms with Crippen LogP contribution in [0.15, 0.2) is 58.5 Å². The van der Waals surface area contributed by atoms with Gasteiger partial charge in [0.05, 0.1) is 28.8 Å². The quantitative estimate of drug-likeness (QED) is 0.229. The van der Waals surface area contributed by atoms with Gasteiger partial charge < -0.3 is 9.84 Å². The summed E-state index contributed by atoms with van der Waals surface area (Å²) < 4.78 is 7.41. The lowest BCUT2D eigenvalue weighted by Gasteiger charge is -2.10. The second-order valence-electron chi connectivity index (χ2n) is 5.98. The number of phenolic OH excluding ortho intramolecular Hbond substituents is 1. The van der Waals surface area contributed by atoms with Crippen molar-refractivity contribution < 1.29 is 14.6 Å². The molecule has 0 fully saturated rings. The third-order valence-corrected chi connectivity index (χ3v) is 6.02. The highest BCUT2D eigenvalue weighted by molar-refractivity contribution is 8.01. The van der Waals surface area contributed by atoms with Gasteiger partial charge in [0.15, 0.2) is 15.8 Å². The minimum Gasteiger partial charge on any atom is -0.504 e. The SMILES string of the molecule is C=CCc1cc(/C=N/NC(=O)CSc2nc3ccccc3s2)cc(OCC)c1O. The zero-order valence-corrected chi connectivity index (χ0v) is 17.6. The Morgan fingerprint density at radius 2 is 2.24 bits per heavy atom. The summed E-state index contributed by atoms with van der Waals surface area (Å²) in [5.74, 6) is 0.477. The summed E-state index contributed by atoms with van der Waals surface area (Å²) in [5.41, 5.74) is 4.85. The Labute approximate surface area is 177 Å². The molecular formula is C21H21N3O3S2. The summed E-state index contributed by atoms with van der Waals surface area (Å²) in [6, 6.07) is 11.3. The average Bonchev–Trinajstić information content (AvgIpc) is 3.13. The van der Waals surface area contributed by atoms with Gasteiger partial charge in [-0.3, -0.25) is 4.79 Å². The molecule has 0 bridgehead atoms. The summed E-state index contributed by atoms with van der Waals surface area (Å²) >= 11 is 2.94. The fourth-order valence-electron chi connectivity index (χ4n) is 2.59. The summed E-state index contributed by atoms with van der Waals surface area (Å²) in [6.07, 6.45) is 3.72. The normalized spacial score (nSPS) is 11.1. The molecule has 0 aliphatic carbocycles. The van der Waals surface area contributed by atoms with Gasteiger partial charge in [0.25, 0.3) is 5.91 Å². The van der Waals surface area contributed by atoms with Crippen molar-refractivity contribution >= 4 is 45.4 Å². The highest BCUT2D eigenvalue weighted by Crippen LogP contribution is 2.32. The fourth-order valence-corrected chi connectivity index (χ4v) is 4.45. The van der Waals surface area contributed by atoms with E-state index < -0.39 is 0 Å². The number of carbonyl (C=O) groups excluding carboxylic acids is 1. The zero-order valence-electron chi connectivity index (χ0n) is 15.9. The number of rotatable bonds is 9. The molecule has 150 valence electrons. The molecule has 0 aliphatic heterocycles. The van der Waals surface area contributed by atoms with Gasteiger partial charge in [-0.1, -0.05) is 30.0 Å². The van der Waals surface area contributed by atoms with Crippen LogP contribution in [0.25, 0.3) is 10.2 Å². The number of para-hydroxylation sites is 1. The molecule has 29 heavy (non-hydrogen) atoms. The largest absolute Gasteiger partial charge is 0.504 e. The van der Waals surface area contributed by atoms with E-state index in [1.165, 1.54) is 18.0 Å². The lowest BCUT2D eigenvalue weighted by molar-refractivity contribution is -0.118. The molecule has 2 aromatic carbocycles. The van der Waals surface area contributed by atoms with Crippen LogP contribution in [0.2, 0.25) is 0 Å². The van der Waals surface area contributed by atoms with E-state index in [-0.39, 0.29) is 17.4 Å². The third kappa shape index (κ3) is 5.58. The van der Waals surface area contributed by atoms with Crippen LogP contribution >= 0.6 is 23.1 Å². The van der Waals surface area contributed by atoms with Crippen LogP contribution in [0, 0.1) is 0 Å². The van der Waals surface area contributed by atoms with Crippen molar-refractivity contribution in [3.8, 4) is 11.5 Å². The number of nitrogens with zero attached hydrogens (tertiary/aromatic N) is 2. The minimum absolute atomic E-state index is 0.0974. The van der Waals surface area contributed by atoms with Gasteiger partial charge in [0, 0.05) is 5.56 Å². The lowest BCUT2D eigenvalue weighted by Crippen LogP contribution is -2.19. The number of hydrazone groups is 1. The molecule has 3 rings (SSSR count). The second kappa shape index (κ2) is 10.1. The molecule has 2 N–H and O–H groups in total. The number of aromatic nitrogens is 1. The van der Waals surface area contributed by atoms with Crippen molar-refractivity contribution in [2.75, 3.05) is 12.4 Å². The zero-order chi connectivity index (χ0) is 20.6. The molecule has 0 aliphatic rings. The van der Waals surface area contributed by atoms with Gasteiger partial charge in [0.2, 0.25) is 0 Å². The van der Waals surface area contributed by atoms with Crippen molar-refractivity contribution in [3.63, 3.8) is 0 Å². The molecule has 0 spiro atoms. The van der Waals surface area contributed by atoms with E-state index in [0.29, 0.717) is 29.9 Å². The average molecular weight is 428 g/mol. The Morgan fingerprint density at radius 3 is 3.00 bits per heavy atom. The number of phenols is 1. The van der Waals surface area contributed by atoms with E-state index in [1.54, 1.807) is 29.5 Å². The molecule has 0 saturated carbocycles. The highest BCUT2D eigenvalue weighted by Gasteiger charge is 2.10. The number of ether oxygens (including phenoxy) is 1. The van der Waals surface area contributed by atoms with Crippen molar-refractivity contribution in [1.82, 2.24) is 10.4 Å². The van der Waals surface area contributed by atoms with Crippen LogP contribution < -0.4 is 10.2 Å². The topological polar surface area (TPSA) is 83.8 Å². The van der Waals surface area contributed by atoms with Crippen LogP contribution in [0.1, 0.15) is 18.1 Å². The van der Waals surface area contributed by atoms with E-state index >= 15 is 0 Å². The number of thiazole rings is 1. The number of fused-ring (bicyclic) bond motifs is 1. The predicted molar refractivity (Wildman–Crippen MR) is 119 cm³/mol.